The minimum absolute atomic E-state index is 0.0986. The Labute approximate surface area is 96.7 Å². The van der Waals surface area contributed by atoms with Crippen LogP contribution in [0.3, 0.4) is 0 Å². The van der Waals surface area contributed by atoms with Crippen molar-refractivity contribution < 1.29 is 4.92 Å². The van der Waals surface area contributed by atoms with Gasteiger partial charge in [-0.15, -0.1) is 0 Å². The van der Waals surface area contributed by atoms with Gasteiger partial charge in [0.25, 0.3) is 5.69 Å². The van der Waals surface area contributed by atoms with Gasteiger partial charge < -0.3 is 0 Å². The molecular formula is C7H3ClIN3O2. The fourth-order valence-corrected chi connectivity index (χ4v) is 1.91. The molecule has 0 fully saturated rings. The Balaban J connectivity index is 2.80. The van der Waals surface area contributed by atoms with E-state index in [1.54, 1.807) is 0 Å². The summed E-state index contributed by atoms with van der Waals surface area (Å²) in [6, 6.07) is 2.90. The smallest absolute Gasteiger partial charge is 0.271 e. The molecule has 0 bridgehead atoms. The summed E-state index contributed by atoms with van der Waals surface area (Å²) >= 11 is 7.73. The Kier molecular flexibility index (Phi) is 2.31. The van der Waals surface area contributed by atoms with Gasteiger partial charge in [-0.25, -0.2) is 0 Å². The quantitative estimate of drug-likeness (QED) is 0.498. The van der Waals surface area contributed by atoms with Gasteiger partial charge in [0.1, 0.15) is 8.72 Å². The van der Waals surface area contributed by atoms with Crippen molar-refractivity contribution in [1.29, 1.82) is 0 Å². The predicted octanol–water partition coefficient (Wildman–Crippen LogP) is 2.73. The zero-order chi connectivity index (χ0) is 10.3. The second-order valence-corrected chi connectivity index (χ2v) is 4.10. The predicted molar refractivity (Wildman–Crippen MR) is 60.5 cm³/mol. The molecule has 1 aromatic heterocycles. The molecule has 0 aliphatic rings. The van der Waals surface area contributed by atoms with Gasteiger partial charge in [-0.2, -0.15) is 5.10 Å². The molecule has 2 aromatic rings. The number of fused-ring (bicyclic) bond motifs is 1. The molecule has 0 atom stereocenters. The molecule has 0 spiro atoms. The summed E-state index contributed by atoms with van der Waals surface area (Å²) in [5.74, 6) is 0. The minimum atomic E-state index is -0.509. The summed E-state index contributed by atoms with van der Waals surface area (Å²) in [4.78, 5) is 10.1. The van der Waals surface area contributed by atoms with Gasteiger partial charge in [0.05, 0.1) is 10.4 Å². The molecular weight excluding hydrogens is 320 g/mol. The molecule has 1 heterocycles. The van der Waals surface area contributed by atoms with Crippen molar-refractivity contribution in [3.8, 4) is 0 Å². The molecule has 0 saturated carbocycles. The molecule has 1 aromatic carbocycles. The van der Waals surface area contributed by atoms with Gasteiger partial charge in [0.15, 0.2) is 0 Å². The lowest BCUT2D eigenvalue weighted by Crippen LogP contribution is -1.88. The Morgan fingerprint density at radius 2 is 2.29 bits per heavy atom. The minimum Gasteiger partial charge on any atom is -0.271 e. The Morgan fingerprint density at radius 3 is 2.93 bits per heavy atom. The van der Waals surface area contributed by atoms with Crippen LogP contribution in [0.5, 0.6) is 0 Å². The Morgan fingerprint density at radius 1 is 1.57 bits per heavy atom. The van der Waals surface area contributed by atoms with Crippen LogP contribution in [0.4, 0.5) is 5.69 Å². The largest absolute Gasteiger partial charge is 0.288 e. The van der Waals surface area contributed by atoms with Gasteiger partial charge in [-0.1, -0.05) is 11.6 Å². The van der Waals surface area contributed by atoms with Gasteiger partial charge in [-0.05, 0) is 28.7 Å². The molecule has 0 amide bonds. The second-order valence-electron chi connectivity index (χ2n) is 2.62. The Bertz CT molecular complexity index is 525. The van der Waals surface area contributed by atoms with Crippen LogP contribution in [0.15, 0.2) is 12.1 Å². The van der Waals surface area contributed by atoms with Crippen LogP contribution in [-0.2, 0) is 0 Å². The number of nitro benzene ring substituents is 1. The van der Waals surface area contributed by atoms with E-state index in [1.165, 1.54) is 12.1 Å². The molecule has 0 radical (unpaired) electrons. The highest BCUT2D eigenvalue weighted by molar-refractivity contribution is 14.1. The number of aromatic nitrogens is 2. The lowest BCUT2D eigenvalue weighted by molar-refractivity contribution is -0.384. The van der Waals surface area contributed by atoms with Gasteiger partial charge >= 0.3 is 0 Å². The van der Waals surface area contributed by atoms with E-state index < -0.39 is 4.92 Å². The number of halogens is 2. The number of nitrogens with zero attached hydrogens (tertiary/aromatic N) is 2. The van der Waals surface area contributed by atoms with Crippen molar-refractivity contribution in [2.75, 3.05) is 0 Å². The lowest BCUT2D eigenvalue weighted by Gasteiger charge is -1.94. The molecule has 7 heteroatoms. The summed E-state index contributed by atoms with van der Waals surface area (Å²) in [5.41, 5.74) is 0.531. The van der Waals surface area contributed by atoms with E-state index in [-0.39, 0.29) is 10.7 Å². The van der Waals surface area contributed by atoms with Crippen LogP contribution >= 0.6 is 34.2 Å². The molecule has 0 unspecified atom stereocenters. The van der Waals surface area contributed by atoms with Crippen LogP contribution in [0.25, 0.3) is 10.9 Å². The summed E-state index contributed by atoms with van der Waals surface area (Å²) in [6.07, 6.45) is 0. The maximum atomic E-state index is 10.6. The third-order valence-electron chi connectivity index (χ3n) is 1.77. The topological polar surface area (TPSA) is 71.8 Å². The number of H-pyrrole nitrogens is 1. The summed E-state index contributed by atoms with van der Waals surface area (Å²) in [7, 11) is 0. The number of rotatable bonds is 1. The molecule has 2 rings (SSSR count). The van der Waals surface area contributed by atoms with E-state index in [0.717, 1.165) is 3.70 Å². The van der Waals surface area contributed by atoms with E-state index in [0.29, 0.717) is 10.9 Å². The first-order valence-corrected chi connectivity index (χ1v) is 5.03. The van der Waals surface area contributed by atoms with Crippen molar-refractivity contribution in [3.05, 3.63) is 31.0 Å². The number of benzene rings is 1. The summed E-state index contributed by atoms with van der Waals surface area (Å²) in [6.45, 7) is 0. The fourth-order valence-electron chi connectivity index (χ4n) is 1.13. The molecule has 72 valence electrons. The third-order valence-corrected chi connectivity index (χ3v) is 2.90. The maximum absolute atomic E-state index is 10.6. The molecule has 1 N–H and O–H groups in total. The van der Waals surface area contributed by atoms with Gasteiger partial charge in [-0.3, -0.25) is 15.2 Å². The first-order chi connectivity index (χ1) is 6.59. The maximum Gasteiger partial charge on any atom is 0.288 e. The number of aromatic amines is 1. The van der Waals surface area contributed by atoms with Crippen LogP contribution < -0.4 is 0 Å². The monoisotopic (exact) mass is 323 g/mol. The van der Waals surface area contributed by atoms with Crippen molar-refractivity contribution in [2.45, 2.75) is 0 Å². The first-order valence-electron chi connectivity index (χ1n) is 3.57. The summed E-state index contributed by atoms with van der Waals surface area (Å²) < 4.78 is 0.761. The molecule has 14 heavy (non-hydrogen) atoms. The Hall–Kier alpha value is -0.890. The van der Waals surface area contributed by atoms with Crippen molar-refractivity contribution in [1.82, 2.24) is 10.2 Å². The number of hydrogen-bond donors (Lipinski definition) is 1. The summed E-state index contributed by atoms with van der Waals surface area (Å²) in [5, 5.41) is 18.1. The van der Waals surface area contributed by atoms with E-state index in [1.807, 2.05) is 22.6 Å². The van der Waals surface area contributed by atoms with Crippen molar-refractivity contribution in [2.24, 2.45) is 0 Å². The van der Waals surface area contributed by atoms with E-state index in [4.69, 9.17) is 11.6 Å². The van der Waals surface area contributed by atoms with Gasteiger partial charge in [0.2, 0.25) is 0 Å². The van der Waals surface area contributed by atoms with E-state index >= 15 is 0 Å². The number of nitrogens with one attached hydrogen (secondary N) is 1. The van der Waals surface area contributed by atoms with E-state index in [9.17, 15) is 10.1 Å². The molecule has 0 aliphatic carbocycles. The van der Waals surface area contributed by atoms with Crippen molar-refractivity contribution >= 4 is 50.8 Å². The zero-order valence-electron chi connectivity index (χ0n) is 6.62. The van der Waals surface area contributed by atoms with Crippen LogP contribution in [0.1, 0.15) is 0 Å². The number of hydrogen-bond acceptors (Lipinski definition) is 3. The SMILES string of the molecule is O=[N+]([O-])c1cc2c(I)[nH]nc2cc1Cl. The van der Waals surface area contributed by atoms with Gasteiger partial charge in [0, 0.05) is 11.5 Å². The molecule has 0 saturated heterocycles. The second kappa shape index (κ2) is 3.35. The lowest BCUT2D eigenvalue weighted by atomic mass is 10.2. The average molecular weight is 323 g/mol. The molecule has 0 aliphatic heterocycles. The zero-order valence-corrected chi connectivity index (χ0v) is 9.53. The first kappa shape index (κ1) is 9.66. The number of nitro groups is 1. The average Bonchev–Trinajstić information content (AvgIpc) is 2.46. The third kappa shape index (κ3) is 1.44. The highest BCUT2D eigenvalue weighted by Gasteiger charge is 2.15. The normalized spacial score (nSPS) is 10.7. The van der Waals surface area contributed by atoms with Crippen LogP contribution in [0.2, 0.25) is 5.02 Å². The standard InChI is InChI=1S/C7H3ClIN3O2/c8-4-2-5-3(7(9)11-10-5)1-6(4)12(13)14/h1-2H,(H,10,11). The van der Waals surface area contributed by atoms with Crippen LogP contribution in [-0.4, -0.2) is 15.1 Å². The highest BCUT2D eigenvalue weighted by Crippen LogP contribution is 2.30. The van der Waals surface area contributed by atoms with Crippen LogP contribution in [0, 0.1) is 13.8 Å². The van der Waals surface area contributed by atoms with Crippen molar-refractivity contribution in [3.63, 3.8) is 0 Å². The van der Waals surface area contributed by atoms with E-state index in [2.05, 4.69) is 10.2 Å². The highest BCUT2D eigenvalue weighted by atomic mass is 127. The molecule has 5 nitrogen and oxygen atoms in total. The fraction of sp³-hybridized carbons (Fsp3) is 0.